The Morgan fingerprint density at radius 3 is 2.69 bits per heavy atom. The zero-order chi connectivity index (χ0) is 20.5. The van der Waals surface area contributed by atoms with Crippen molar-refractivity contribution in [3.05, 3.63) is 35.1 Å². The maximum absolute atomic E-state index is 13.6. The molecule has 0 aliphatic carbocycles. The van der Waals surface area contributed by atoms with Gasteiger partial charge in [0.25, 0.3) is 5.91 Å². The van der Waals surface area contributed by atoms with Gasteiger partial charge in [-0.3, -0.25) is 14.6 Å². The summed E-state index contributed by atoms with van der Waals surface area (Å²) in [6.07, 6.45) is 1.40. The number of carbonyl (C=O) groups excluding carboxylic acids is 2. The number of nitrogens with one attached hydrogen (secondary N) is 3. The second kappa shape index (κ2) is 12.6. The van der Waals surface area contributed by atoms with Crippen LogP contribution in [-0.2, 0) is 4.79 Å². The normalized spacial score (nSPS) is 16.2. The highest BCUT2D eigenvalue weighted by Gasteiger charge is 2.25. The van der Waals surface area contributed by atoms with Crippen molar-refractivity contribution in [2.75, 3.05) is 32.7 Å². The predicted octanol–water partition coefficient (Wildman–Crippen LogP) is 2.05. The zero-order valence-corrected chi connectivity index (χ0v) is 19.6. The van der Waals surface area contributed by atoms with Crippen LogP contribution in [0.5, 0.6) is 0 Å². The van der Waals surface area contributed by atoms with Crippen molar-refractivity contribution in [2.24, 2.45) is 4.99 Å². The molecule has 2 amide bonds. The van der Waals surface area contributed by atoms with Gasteiger partial charge in [0.2, 0.25) is 5.91 Å². The van der Waals surface area contributed by atoms with E-state index in [1.807, 2.05) is 18.7 Å². The van der Waals surface area contributed by atoms with Crippen molar-refractivity contribution < 1.29 is 14.0 Å². The highest BCUT2D eigenvalue weighted by atomic mass is 127. The summed E-state index contributed by atoms with van der Waals surface area (Å²) < 4.78 is 13.6. The Morgan fingerprint density at radius 1 is 1.28 bits per heavy atom. The van der Waals surface area contributed by atoms with Gasteiger partial charge in [-0.05, 0) is 38.0 Å². The third-order valence-corrected chi connectivity index (χ3v) is 4.63. The summed E-state index contributed by atoms with van der Waals surface area (Å²) in [7, 11) is 0. The summed E-state index contributed by atoms with van der Waals surface area (Å²) in [5, 5.41) is 9.26. The zero-order valence-electron chi connectivity index (χ0n) is 17.3. The fourth-order valence-electron chi connectivity index (χ4n) is 3.01. The van der Waals surface area contributed by atoms with E-state index in [-0.39, 0.29) is 41.8 Å². The lowest BCUT2D eigenvalue weighted by Crippen LogP contribution is -2.45. The number of benzene rings is 1. The third-order valence-electron chi connectivity index (χ3n) is 4.63. The van der Waals surface area contributed by atoms with Gasteiger partial charge >= 0.3 is 0 Å². The number of halogens is 2. The summed E-state index contributed by atoms with van der Waals surface area (Å²) >= 11 is 0. The van der Waals surface area contributed by atoms with E-state index < -0.39 is 5.82 Å². The Morgan fingerprint density at radius 2 is 2.03 bits per heavy atom. The largest absolute Gasteiger partial charge is 0.357 e. The first kappa shape index (κ1) is 25.1. The maximum atomic E-state index is 13.6. The van der Waals surface area contributed by atoms with E-state index in [1.54, 1.807) is 19.1 Å². The van der Waals surface area contributed by atoms with Crippen LogP contribution >= 0.6 is 24.0 Å². The van der Waals surface area contributed by atoms with Crippen molar-refractivity contribution in [1.29, 1.82) is 0 Å². The Hall–Kier alpha value is -1.91. The number of hydrogen-bond acceptors (Lipinski definition) is 3. The lowest BCUT2D eigenvalue weighted by molar-refractivity contribution is -0.129. The van der Waals surface area contributed by atoms with E-state index in [1.165, 1.54) is 6.07 Å². The van der Waals surface area contributed by atoms with Crippen LogP contribution in [0.25, 0.3) is 0 Å². The number of likely N-dealkylation sites (tertiary alicyclic amines) is 1. The van der Waals surface area contributed by atoms with Crippen LogP contribution in [0.1, 0.15) is 42.6 Å². The molecule has 1 aliphatic heterocycles. The van der Waals surface area contributed by atoms with Crippen LogP contribution < -0.4 is 16.0 Å². The molecule has 1 heterocycles. The molecule has 0 radical (unpaired) electrons. The molecule has 0 spiro atoms. The summed E-state index contributed by atoms with van der Waals surface area (Å²) in [5.74, 6) is 0.114. The van der Waals surface area contributed by atoms with E-state index in [0.29, 0.717) is 49.7 Å². The van der Waals surface area contributed by atoms with Crippen LogP contribution in [0.4, 0.5) is 4.39 Å². The molecule has 1 aromatic rings. The molecule has 0 aromatic heterocycles. The van der Waals surface area contributed by atoms with Gasteiger partial charge in [-0.15, -0.1) is 24.0 Å². The van der Waals surface area contributed by atoms with Gasteiger partial charge in [0, 0.05) is 44.2 Å². The van der Waals surface area contributed by atoms with Gasteiger partial charge in [-0.2, -0.15) is 0 Å². The molecule has 1 unspecified atom stereocenters. The number of carbonyl (C=O) groups is 2. The molecular formula is C20H31FIN5O2. The van der Waals surface area contributed by atoms with Crippen LogP contribution in [0.15, 0.2) is 23.2 Å². The molecule has 1 aromatic carbocycles. The molecule has 1 fully saturated rings. The number of aryl methyl sites for hydroxylation is 1. The molecule has 1 atom stereocenters. The minimum absolute atomic E-state index is 0. The summed E-state index contributed by atoms with van der Waals surface area (Å²) in [5.41, 5.74) is 0.803. The van der Waals surface area contributed by atoms with Gasteiger partial charge < -0.3 is 20.9 Å². The summed E-state index contributed by atoms with van der Waals surface area (Å²) in [6, 6.07) is 4.59. The van der Waals surface area contributed by atoms with Crippen LogP contribution in [0, 0.1) is 12.7 Å². The predicted molar refractivity (Wildman–Crippen MR) is 123 cm³/mol. The van der Waals surface area contributed by atoms with E-state index in [2.05, 4.69) is 20.9 Å². The lowest BCUT2D eigenvalue weighted by Gasteiger charge is -2.18. The van der Waals surface area contributed by atoms with Crippen molar-refractivity contribution in [1.82, 2.24) is 20.9 Å². The number of hydrogen-bond donors (Lipinski definition) is 3. The average molecular weight is 519 g/mol. The van der Waals surface area contributed by atoms with E-state index in [0.717, 1.165) is 13.0 Å². The smallest absolute Gasteiger partial charge is 0.251 e. The highest BCUT2D eigenvalue weighted by molar-refractivity contribution is 14.0. The Labute approximate surface area is 188 Å². The van der Waals surface area contributed by atoms with E-state index >= 15 is 0 Å². The molecule has 1 aliphatic rings. The van der Waals surface area contributed by atoms with Gasteiger partial charge in [0.15, 0.2) is 5.96 Å². The first-order chi connectivity index (χ1) is 13.4. The first-order valence-electron chi connectivity index (χ1n) is 9.81. The number of guanidine groups is 1. The molecule has 1 saturated heterocycles. The quantitative estimate of drug-likeness (QED) is 0.223. The van der Waals surface area contributed by atoms with Crippen LogP contribution in [-0.4, -0.2) is 61.4 Å². The SMILES string of the molecule is CCNC(=NCCNC(=O)c1ccc(C)c(F)c1)NC1CCN(C(=O)CC)C1.I. The fraction of sp³-hybridized carbons (Fsp3) is 0.550. The molecule has 3 N–H and O–H groups in total. The molecular weight excluding hydrogens is 488 g/mol. The van der Waals surface area contributed by atoms with Gasteiger partial charge in [0.1, 0.15) is 5.82 Å². The van der Waals surface area contributed by atoms with Gasteiger partial charge in [0.05, 0.1) is 6.54 Å². The molecule has 9 heteroatoms. The number of amides is 2. The maximum Gasteiger partial charge on any atom is 0.251 e. The van der Waals surface area contributed by atoms with Gasteiger partial charge in [-0.1, -0.05) is 13.0 Å². The molecule has 162 valence electrons. The van der Waals surface area contributed by atoms with Crippen molar-refractivity contribution >= 4 is 41.8 Å². The van der Waals surface area contributed by atoms with E-state index in [9.17, 15) is 14.0 Å². The minimum Gasteiger partial charge on any atom is -0.357 e. The number of aliphatic imine (C=N–C) groups is 1. The highest BCUT2D eigenvalue weighted by Crippen LogP contribution is 2.10. The summed E-state index contributed by atoms with van der Waals surface area (Å²) in [4.78, 5) is 30.2. The van der Waals surface area contributed by atoms with Crippen molar-refractivity contribution in [3.8, 4) is 0 Å². The second-order valence-corrected chi connectivity index (χ2v) is 6.80. The van der Waals surface area contributed by atoms with E-state index in [4.69, 9.17) is 0 Å². The Kier molecular flexibility index (Phi) is 10.9. The van der Waals surface area contributed by atoms with Gasteiger partial charge in [-0.25, -0.2) is 4.39 Å². The minimum atomic E-state index is -0.392. The van der Waals surface area contributed by atoms with Crippen molar-refractivity contribution in [2.45, 2.75) is 39.7 Å². The Bertz CT molecular complexity index is 729. The van der Waals surface area contributed by atoms with Crippen molar-refractivity contribution in [3.63, 3.8) is 0 Å². The molecule has 0 bridgehead atoms. The monoisotopic (exact) mass is 519 g/mol. The topological polar surface area (TPSA) is 85.8 Å². The molecule has 2 rings (SSSR count). The summed E-state index contributed by atoms with van der Waals surface area (Å²) in [6.45, 7) is 8.38. The molecule has 29 heavy (non-hydrogen) atoms. The number of nitrogens with zero attached hydrogens (tertiary/aromatic N) is 2. The number of rotatable bonds is 7. The average Bonchev–Trinajstić information content (AvgIpc) is 3.15. The molecule has 0 saturated carbocycles. The standard InChI is InChI=1S/C20H30FN5O2.HI/c1-4-18(27)26-11-8-16(13-26)25-20(22-5-2)24-10-9-23-19(28)15-7-6-14(3)17(21)12-15;/h6-7,12,16H,4-5,8-11,13H2,1-3H3,(H,23,28)(H2,22,24,25);1H. The second-order valence-electron chi connectivity index (χ2n) is 6.80. The molecule has 7 nitrogen and oxygen atoms in total. The Balaban J connectivity index is 0.00000420. The first-order valence-corrected chi connectivity index (χ1v) is 9.81. The fourth-order valence-corrected chi connectivity index (χ4v) is 3.01. The third kappa shape index (κ3) is 7.79. The lowest BCUT2D eigenvalue weighted by atomic mass is 10.1. The van der Waals surface area contributed by atoms with Crippen LogP contribution in [0.3, 0.4) is 0 Å². The van der Waals surface area contributed by atoms with Crippen LogP contribution in [0.2, 0.25) is 0 Å².